The minimum absolute atomic E-state index is 0.286. The standard InChI is InChI=1S/C7H11FN4/c1-9-7-10-4-5(8)6(11-7)12(2)3/h4H,1-3H3,(H,9,10,11). The summed E-state index contributed by atoms with van der Waals surface area (Å²) in [5.41, 5.74) is 0. The molecule has 1 aromatic rings. The molecule has 1 rings (SSSR count). The summed E-state index contributed by atoms with van der Waals surface area (Å²) in [5.74, 6) is 0.286. The number of halogens is 1. The lowest BCUT2D eigenvalue weighted by molar-refractivity contribution is 0.612. The minimum Gasteiger partial charge on any atom is -0.360 e. The van der Waals surface area contributed by atoms with Crippen molar-refractivity contribution in [3.05, 3.63) is 12.0 Å². The molecular weight excluding hydrogens is 159 g/mol. The topological polar surface area (TPSA) is 41.1 Å². The van der Waals surface area contributed by atoms with Gasteiger partial charge in [-0.2, -0.15) is 4.98 Å². The maximum absolute atomic E-state index is 13.0. The first-order valence-corrected chi connectivity index (χ1v) is 3.52. The molecule has 1 N–H and O–H groups in total. The number of hydrogen-bond donors (Lipinski definition) is 1. The first-order chi connectivity index (χ1) is 5.65. The van der Waals surface area contributed by atoms with Crippen LogP contribution < -0.4 is 10.2 Å². The number of nitrogens with zero attached hydrogens (tertiary/aromatic N) is 3. The van der Waals surface area contributed by atoms with E-state index in [0.29, 0.717) is 5.95 Å². The number of rotatable bonds is 2. The van der Waals surface area contributed by atoms with Crippen molar-refractivity contribution in [2.24, 2.45) is 0 Å². The third-order valence-corrected chi connectivity index (χ3v) is 1.37. The molecule has 0 aliphatic carbocycles. The van der Waals surface area contributed by atoms with E-state index >= 15 is 0 Å². The highest BCUT2D eigenvalue weighted by molar-refractivity contribution is 5.41. The van der Waals surface area contributed by atoms with Crippen LogP contribution in [0.1, 0.15) is 0 Å². The molecule has 0 fully saturated rings. The Balaban J connectivity index is 3.08. The van der Waals surface area contributed by atoms with Gasteiger partial charge in [0, 0.05) is 21.1 Å². The normalized spacial score (nSPS) is 9.67. The van der Waals surface area contributed by atoms with E-state index in [-0.39, 0.29) is 5.82 Å². The zero-order valence-corrected chi connectivity index (χ0v) is 7.30. The van der Waals surface area contributed by atoms with Crippen molar-refractivity contribution in [1.82, 2.24) is 9.97 Å². The molecule has 0 radical (unpaired) electrons. The van der Waals surface area contributed by atoms with Crippen molar-refractivity contribution >= 4 is 11.8 Å². The Hall–Kier alpha value is -1.39. The Kier molecular flexibility index (Phi) is 2.42. The summed E-state index contributed by atoms with van der Waals surface area (Å²) in [4.78, 5) is 9.23. The van der Waals surface area contributed by atoms with Gasteiger partial charge in [0.1, 0.15) is 0 Å². The molecule has 5 heteroatoms. The van der Waals surface area contributed by atoms with E-state index in [9.17, 15) is 4.39 Å². The van der Waals surface area contributed by atoms with Gasteiger partial charge in [0.25, 0.3) is 0 Å². The van der Waals surface area contributed by atoms with E-state index in [2.05, 4.69) is 15.3 Å². The fraction of sp³-hybridized carbons (Fsp3) is 0.429. The van der Waals surface area contributed by atoms with Crippen LogP contribution in [0.2, 0.25) is 0 Å². The molecule has 0 atom stereocenters. The molecular formula is C7H11FN4. The van der Waals surface area contributed by atoms with E-state index in [4.69, 9.17) is 0 Å². The molecule has 4 nitrogen and oxygen atoms in total. The van der Waals surface area contributed by atoms with Gasteiger partial charge >= 0.3 is 0 Å². The Labute approximate surface area is 70.4 Å². The highest BCUT2D eigenvalue weighted by Gasteiger charge is 2.06. The van der Waals surface area contributed by atoms with Crippen LogP contribution in [0.4, 0.5) is 16.2 Å². The third kappa shape index (κ3) is 1.61. The molecule has 0 bridgehead atoms. The zero-order valence-electron chi connectivity index (χ0n) is 7.30. The van der Waals surface area contributed by atoms with Gasteiger partial charge in [-0.15, -0.1) is 0 Å². The molecule has 66 valence electrons. The van der Waals surface area contributed by atoms with Crippen LogP contribution in [0.3, 0.4) is 0 Å². The van der Waals surface area contributed by atoms with Gasteiger partial charge in [-0.1, -0.05) is 0 Å². The van der Waals surface area contributed by atoms with Crippen molar-refractivity contribution in [3.63, 3.8) is 0 Å². The van der Waals surface area contributed by atoms with E-state index in [0.717, 1.165) is 6.20 Å². The second-order valence-corrected chi connectivity index (χ2v) is 2.51. The molecule has 0 saturated carbocycles. The van der Waals surface area contributed by atoms with Crippen LogP contribution in [0.25, 0.3) is 0 Å². The first kappa shape index (κ1) is 8.70. The van der Waals surface area contributed by atoms with E-state index in [1.807, 2.05) is 0 Å². The molecule has 0 aromatic carbocycles. The Morgan fingerprint density at radius 1 is 1.50 bits per heavy atom. The van der Waals surface area contributed by atoms with Crippen molar-refractivity contribution in [2.45, 2.75) is 0 Å². The van der Waals surface area contributed by atoms with Gasteiger partial charge < -0.3 is 10.2 Å². The van der Waals surface area contributed by atoms with Gasteiger partial charge in [-0.05, 0) is 0 Å². The van der Waals surface area contributed by atoms with Gasteiger partial charge in [0.05, 0.1) is 6.20 Å². The van der Waals surface area contributed by atoms with Crippen LogP contribution in [0.5, 0.6) is 0 Å². The molecule has 1 aromatic heterocycles. The lowest BCUT2D eigenvalue weighted by atomic mass is 10.5. The van der Waals surface area contributed by atoms with Crippen molar-refractivity contribution < 1.29 is 4.39 Å². The van der Waals surface area contributed by atoms with Crippen LogP contribution in [-0.4, -0.2) is 31.1 Å². The molecule has 12 heavy (non-hydrogen) atoms. The van der Waals surface area contributed by atoms with Crippen LogP contribution in [0.15, 0.2) is 6.20 Å². The van der Waals surface area contributed by atoms with Gasteiger partial charge in [-0.3, -0.25) is 0 Å². The summed E-state index contributed by atoms with van der Waals surface area (Å²) in [6.45, 7) is 0. The maximum atomic E-state index is 13.0. The zero-order chi connectivity index (χ0) is 9.14. The molecule has 1 heterocycles. The fourth-order valence-corrected chi connectivity index (χ4v) is 0.792. The molecule has 0 aliphatic heterocycles. The fourth-order valence-electron chi connectivity index (χ4n) is 0.792. The predicted molar refractivity (Wildman–Crippen MR) is 45.9 cm³/mol. The summed E-state index contributed by atoms with van der Waals surface area (Å²) in [7, 11) is 5.14. The summed E-state index contributed by atoms with van der Waals surface area (Å²) in [6, 6.07) is 0. The van der Waals surface area contributed by atoms with Crippen LogP contribution in [-0.2, 0) is 0 Å². The predicted octanol–water partition coefficient (Wildman–Crippen LogP) is 0.723. The third-order valence-electron chi connectivity index (χ3n) is 1.37. The molecule has 0 spiro atoms. The van der Waals surface area contributed by atoms with Crippen molar-refractivity contribution in [1.29, 1.82) is 0 Å². The number of hydrogen-bond acceptors (Lipinski definition) is 4. The average Bonchev–Trinajstić information content (AvgIpc) is 2.05. The SMILES string of the molecule is CNc1ncc(F)c(N(C)C)n1. The molecule has 0 saturated heterocycles. The quantitative estimate of drug-likeness (QED) is 0.710. The van der Waals surface area contributed by atoms with Crippen LogP contribution >= 0.6 is 0 Å². The number of nitrogens with one attached hydrogen (secondary N) is 1. The van der Waals surface area contributed by atoms with Crippen molar-refractivity contribution in [3.8, 4) is 0 Å². The minimum atomic E-state index is -0.418. The number of aromatic nitrogens is 2. The first-order valence-electron chi connectivity index (χ1n) is 3.52. The Bertz CT molecular complexity index is 274. The molecule has 0 aliphatic rings. The van der Waals surface area contributed by atoms with E-state index in [1.54, 1.807) is 26.0 Å². The Morgan fingerprint density at radius 3 is 2.67 bits per heavy atom. The summed E-state index contributed by atoms with van der Waals surface area (Å²) in [6.07, 6.45) is 1.15. The molecule has 0 unspecified atom stereocenters. The van der Waals surface area contributed by atoms with Crippen molar-refractivity contribution in [2.75, 3.05) is 31.4 Å². The second kappa shape index (κ2) is 3.34. The summed E-state index contributed by atoms with van der Waals surface area (Å²) >= 11 is 0. The van der Waals surface area contributed by atoms with Crippen LogP contribution in [0, 0.1) is 5.82 Å². The van der Waals surface area contributed by atoms with Gasteiger partial charge in [0.2, 0.25) is 5.95 Å². The highest BCUT2D eigenvalue weighted by Crippen LogP contribution is 2.13. The largest absolute Gasteiger partial charge is 0.360 e. The van der Waals surface area contributed by atoms with E-state index < -0.39 is 5.82 Å². The second-order valence-electron chi connectivity index (χ2n) is 2.51. The summed E-state index contributed by atoms with van der Waals surface area (Å²) < 4.78 is 13.0. The van der Waals surface area contributed by atoms with Gasteiger partial charge in [-0.25, -0.2) is 9.37 Å². The summed E-state index contributed by atoms with van der Waals surface area (Å²) in [5, 5.41) is 2.73. The lowest BCUT2D eigenvalue weighted by Gasteiger charge is -2.12. The molecule has 0 amide bonds. The Morgan fingerprint density at radius 2 is 2.17 bits per heavy atom. The number of anilines is 2. The average molecular weight is 170 g/mol. The van der Waals surface area contributed by atoms with Gasteiger partial charge in [0.15, 0.2) is 11.6 Å². The maximum Gasteiger partial charge on any atom is 0.224 e. The van der Waals surface area contributed by atoms with E-state index in [1.165, 1.54) is 0 Å². The highest BCUT2D eigenvalue weighted by atomic mass is 19.1. The smallest absolute Gasteiger partial charge is 0.224 e. The monoisotopic (exact) mass is 170 g/mol. The lowest BCUT2D eigenvalue weighted by Crippen LogP contribution is -2.14.